The minimum Gasteiger partial charge on any atom is -0.446 e. The Kier molecular flexibility index (Phi) is 5.17. The molecule has 1 amide bonds. The first-order valence-corrected chi connectivity index (χ1v) is 7.71. The maximum Gasteiger partial charge on any atom is 0.404 e. The minimum atomic E-state index is -0.712. The molecule has 2 aromatic rings. The molecule has 0 saturated carbocycles. The van der Waals surface area contributed by atoms with Crippen LogP contribution in [-0.4, -0.2) is 26.8 Å². The van der Waals surface area contributed by atoms with Gasteiger partial charge in [-0.05, 0) is 47.2 Å². The van der Waals surface area contributed by atoms with E-state index in [4.69, 9.17) is 10.5 Å². The van der Waals surface area contributed by atoms with Crippen molar-refractivity contribution in [3.05, 3.63) is 28.6 Å². The van der Waals surface area contributed by atoms with E-state index in [0.29, 0.717) is 0 Å². The third kappa shape index (κ3) is 4.17. The van der Waals surface area contributed by atoms with Gasteiger partial charge in [-0.3, -0.25) is 0 Å². The monoisotopic (exact) mass is 354 g/mol. The highest BCUT2D eigenvalue weighted by Crippen LogP contribution is 2.17. The zero-order valence-corrected chi connectivity index (χ0v) is 13.7. The van der Waals surface area contributed by atoms with Crippen molar-refractivity contribution in [2.75, 3.05) is 0 Å². The van der Waals surface area contributed by atoms with Crippen LogP contribution in [0.1, 0.15) is 32.4 Å². The second-order valence-corrected chi connectivity index (χ2v) is 6.15. The van der Waals surface area contributed by atoms with Crippen LogP contribution in [0.3, 0.4) is 0 Å². The van der Waals surface area contributed by atoms with Crippen LogP contribution in [0.2, 0.25) is 0 Å². The summed E-state index contributed by atoms with van der Waals surface area (Å²) in [6.45, 7) is 4.03. The molecule has 6 nitrogen and oxygen atoms in total. The predicted octanol–water partition coefficient (Wildman–Crippen LogP) is 2.93. The molecular formula is C14H19BrN4O2. The first kappa shape index (κ1) is 15.8. The SMILES string of the molecule is CC(C)C(CCCc1ccn2ncc(Br)c2n1)OC(N)=O. The van der Waals surface area contributed by atoms with Crippen LogP contribution in [0.25, 0.3) is 5.65 Å². The van der Waals surface area contributed by atoms with E-state index in [9.17, 15) is 4.79 Å². The van der Waals surface area contributed by atoms with Gasteiger partial charge >= 0.3 is 6.09 Å². The lowest BCUT2D eigenvalue weighted by Gasteiger charge is -2.19. The molecule has 0 aromatic carbocycles. The van der Waals surface area contributed by atoms with Crippen LogP contribution < -0.4 is 5.73 Å². The summed E-state index contributed by atoms with van der Waals surface area (Å²) in [5.41, 5.74) is 6.89. The molecule has 0 fully saturated rings. The third-order valence-corrected chi connectivity index (χ3v) is 3.88. The van der Waals surface area contributed by atoms with Gasteiger partial charge in [-0.2, -0.15) is 5.10 Å². The number of primary amides is 1. The molecule has 1 atom stereocenters. The topological polar surface area (TPSA) is 82.5 Å². The minimum absolute atomic E-state index is 0.145. The second kappa shape index (κ2) is 6.89. The molecule has 0 bridgehead atoms. The van der Waals surface area contributed by atoms with Gasteiger partial charge in [0.1, 0.15) is 6.10 Å². The highest BCUT2D eigenvalue weighted by atomic mass is 79.9. The van der Waals surface area contributed by atoms with Crippen molar-refractivity contribution in [2.45, 2.75) is 39.2 Å². The van der Waals surface area contributed by atoms with Crippen molar-refractivity contribution in [1.82, 2.24) is 14.6 Å². The normalized spacial score (nSPS) is 12.8. The molecule has 2 heterocycles. The van der Waals surface area contributed by atoms with Gasteiger partial charge in [0, 0.05) is 11.9 Å². The van der Waals surface area contributed by atoms with Crippen LogP contribution >= 0.6 is 15.9 Å². The Bertz CT molecular complexity index is 626. The number of hydrogen-bond acceptors (Lipinski definition) is 4. The van der Waals surface area contributed by atoms with E-state index in [0.717, 1.165) is 35.1 Å². The number of carbonyl (C=O) groups excluding carboxylic acids is 1. The van der Waals surface area contributed by atoms with Crippen molar-refractivity contribution in [3.63, 3.8) is 0 Å². The van der Waals surface area contributed by atoms with E-state index in [1.54, 1.807) is 10.7 Å². The third-order valence-electron chi connectivity index (χ3n) is 3.32. The molecular weight excluding hydrogens is 336 g/mol. The van der Waals surface area contributed by atoms with Crippen LogP contribution in [0, 0.1) is 5.92 Å². The average molecular weight is 355 g/mol. The molecule has 0 saturated heterocycles. The lowest BCUT2D eigenvalue weighted by atomic mass is 10.0. The number of halogens is 1. The Hall–Kier alpha value is -1.63. The van der Waals surface area contributed by atoms with Crippen LogP contribution in [0.15, 0.2) is 22.9 Å². The fourth-order valence-corrected chi connectivity index (χ4v) is 2.54. The molecule has 2 rings (SSSR count). The van der Waals surface area contributed by atoms with Crippen LogP contribution in [0.4, 0.5) is 4.79 Å². The fraction of sp³-hybridized carbons (Fsp3) is 0.500. The van der Waals surface area contributed by atoms with Crippen molar-refractivity contribution >= 4 is 27.7 Å². The first-order chi connectivity index (χ1) is 9.97. The lowest BCUT2D eigenvalue weighted by molar-refractivity contribution is 0.0717. The number of aryl methyl sites for hydroxylation is 1. The molecule has 2 aromatic heterocycles. The van der Waals surface area contributed by atoms with Crippen molar-refractivity contribution < 1.29 is 9.53 Å². The quantitative estimate of drug-likeness (QED) is 0.864. The fourth-order valence-electron chi connectivity index (χ4n) is 2.18. The van der Waals surface area contributed by atoms with Gasteiger partial charge in [-0.25, -0.2) is 14.3 Å². The summed E-state index contributed by atoms with van der Waals surface area (Å²) in [4.78, 5) is 15.4. The zero-order valence-electron chi connectivity index (χ0n) is 12.1. The van der Waals surface area contributed by atoms with Gasteiger partial charge in [-0.15, -0.1) is 0 Å². The highest BCUT2D eigenvalue weighted by molar-refractivity contribution is 9.10. The summed E-state index contributed by atoms with van der Waals surface area (Å²) >= 11 is 3.42. The molecule has 7 heteroatoms. The van der Waals surface area contributed by atoms with Crippen LogP contribution in [-0.2, 0) is 11.2 Å². The van der Waals surface area contributed by atoms with E-state index in [1.165, 1.54) is 0 Å². The Morgan fingerprint density at radius 3 is 2.95 bits per heavy atom. The van der Waals surface area contributed by atoms with E-state index >= 15 is 0 Å². The lowest BCUT2D eigenvalue weighted by Crippen LogP contribution is -2.27. The summed E-state index contributed by atoms with van der Waals surface area (Å²) in [7, 11) is 0. The molecule has 0 aliphatic rings. The predicted molar refractivity (Wildman–Crippen MR) is 82.9 cm³/mol. The van der Waals surface area contributed by atoms with Gasteiger partial charge < -0.3 is 10.5 Å². The number of carbonyl (C=O) groups is 1. The van der Waals surface area contributed by atoms with E-state index in [2.05, 4.69) is 26.0 Å². The van der Waals surface area contributed by atoms with Gasteiger partial charge in [0.25, 0.3) is 0 Å². The number of hydrogen-bond donors (Lipinski definition) is 1. The second-order valence-electron chi connectivity index (χ2n) is 5.29. The summed E-state index contributed by atoms with van der Waals surface area (Å²) < 4.78 is 7.72. The van der Waals surface area contributed by atoms with Gasteiger partial charge in [0.15, 0.2) is 5.65 Å². The maximum atomic E-state index is 10.9. The van der Waals surface area contributed by atoms with Crippen molar-refractivity contribution in [2.24, 2.45) is 11.7 Å². The zero-order chi connectivity index (χ0) is 15.4. The number of amides is 1. The Morgan fingerprint density at radius 1 is 1.52 bits per heavy atom. The van der Waals surface area contributed by atoms with E-state index in [-0.39, 0.29) is 12.0 Å². The molecule has 1 unspecified atom stereocenters. The molecule has 0 aliphatic heterocycles. The summed E-state index contributed by atoms with van der Waals surface area (Å²) in [6, 6.07) is 1.95. The van der Waals surface area contributed by atoms with Gasteiger partial charge in [-0.1, -0.05) is 13.8 Å². The standard InChI is InChI=1S/C14H19BrN4O2/c1-9(2)12(21-14(16)20)5-3-4-10-6-7-19-13(18-10)11(15)8-17-19/h6-9,12H,3-5H2,1-2H3,(H2,16,20). The average Bonchev–Trinajstić information content (AvgIpc) is 2.78. The number of nitrogens with zero attached hydrogens (tertiary/aromatic N) is 3. The molecule has 2 N–H and O–H groups in total. The molecule has 0 spiro atoms. The highest BCUT2D eigenvalue weighted by Gasteiger charge is 2.16. The number of aromatic nitrogens is 3. The Balaban J connectivity index is 1.94. The smallest absolute Gasteiger partial charge is 0.404 e. The summed E-state index contributed by atoms with van der Waals surface area (Å²) in [6.07, 6.45) is 5.23. The number of fused-ring (bicyclic) bond motifs is 1. The molecule has 21 heavy (non-hydrogen) atoms. The van der Waals surface area contributed by atoms with Crippen molar-refractivity contribution in [1.29, 1.82) is 0 Å². The molecule has 114 valence electrons. The van der Waals surface area contributed by atoms with Crippen LogP contribution in [0.5, 0.6) is 0 Å². The molecule has 0 aliphatic carbocycles. The van der Waals surface area contributed by atoms with E-state index in [1.807, 2.05) is 26.1 Å². The van der Waals surface area contributed by atoms with Gasteiger partial charge in [0.05, 0.1) is 10.7 Å². The number of rotatable bonds is 6. The van der Waals surface area contributed by atoms with Gasteiger partial charge in [0.2, 0.25) is 0 Å². The Labute approximate surface area is 131 Å². The van der Waals surface area contributed by atoms with E-state index < -0.39 is 6.09 Å². The summed E-state index contributed by atoms with van der Waals surface area (Å²) in [5.74, 6) is 0.247. The Morgan fingerprint density at radius 2 is 2.29 bits per heavy atom. The van der Waals surface area contributed by atoms with Crippen molar-refractivity contribution in [3.8, 4) is 0 Å². The maximum absolute atomic E-state index is 10.9. The number of nitrogens with two attached hydrogens (primary N) is 1. The molecule has 0 radical (unpaired) electrons. The largest absolute Gasteiger partial charge is 0.446 e. The first-order valence-electron chi connectivity index (χ1n) is 6.92. The number of ether oxygens (including phenoxy) is 1. The summed E-state index contributed by atoms with van der Waals surface area (Å²) in [5, 5.41) is 4.16.